The molecule has 0 saturated carbocycles. The van der Waals surface area contributed by atoms with E-state index in [2.05, 4.69) is 5.32 Å². The van der Waals surface area contributed by atoms with Crippen molar-refractivity contribution in [1.82, 2.24) is 0 Å². The van der Waals surface area contributed by atoms with E-state index in [1.54, 1.807) is 42.5 Å². The summed E-state index contributed by atoms with van der Waals surface area (Å²) < 4.78 is 0. The van der Waals surface area contributed by atoms with Crippen molar-refractivity contribution in [3.8, 4) is 0 Å². The second-order valence-corrected chi connectivity index (χ2v) is 4.74. The van der Waals surface area contributed by atoms with Crippen LogP contribution in [0, 0.1) is 0 Å². The summed E-state index contributed by atoms with van der Waals surface area (Å²) in [5, 5.41) is 13.0. The van der Waals surface area contributed by atoms with Crippen LogP contribution in [-0.2, 0) is 4.79 Å². The number of nitrogens with one attached hydrogen (secondary N) is 1. The van der Waals surface area contributed by atoms with Gasteiger partial charge >= 0.3 is 5.97 Å². The zero-order valence-electron chi connectivity index (χ0n) is 9.81. The molecule has 19 heavy (non-hydrogen) atoms. The van der Waals surface area contributed by atoms with Gasteiger partial charge in [0.15, 0.2) is 6.04 Å². The summed E-state index contributed by atoms with van der Waals surface area (Å²) in [7, 11) is 0. The Morgan fingerprint density at radius 3 is 2.11 bits per heavy atom. The Bertz CT molecular complexity index is 567. The van der Waals surface area contributed by atoms with Crippen LogP contribution in [0.2, 0.25) is 10.0 Å². The van der Waals surface area contributed by atoms with Gasteiger partial charge < -0.3 is 10.4 Å². The highest BCUT2D eigenvalue weighted by Gasteiger charge is 2.21. The van der Waals surface area contributed by atoms with Crippen LogP contribution in [0.5, 0.6) is 0 Å². The van der Waals surface area contributed by atoms with Crippen molar-refractivity contribution in [1.29, 1.82) is 0 Å². The summed E-state index contributed by atoms with van der Waals surface area (Å²) in [6.07, 6.45) is 0. The van der Waals surface area contributed by atoms with E-state index in [1.165, 1.54) is 0 Å². The number of carboxylic acid groups (broad SMARTS) is 1. The first-order chi connectivity index (χ1) is 9.09. The number of aliphatic carboxylic acids is 1. The summed E-state index contributed by atoms with van der Waals surface area (Å²) in [5.41, 5.74) is 1.05. The van der Waals surface area contributed by atoms with Gasteiger partial charge in [-0.1, -0.05) is 59.6 Å². The highest BCUT2D eigenvalue weighted by Crippen LogP contribution is 2.33. The first-order valence-electron chi connectivity index (χ1n) is 5.58. The monoisotopic (exact) mass is 295 g/mol. The maximum absolute atomic E-state index is 11.4. The van der Waals surface area contributed by atoms with Crippen molar-refractivity contribution in [3.63, 3.8) is 0 Å². The van der Waals surface area contributed by atoms with Crippen molar-refractivity contribution >= 4 is 34.9 Å². The van der Waals surface area contributed by atoms with E-state index in [-0.39, 0.29) is 0 Å². The van der Waals surface area contributed by atoms with Crippen molar-refractivity contribution in [2.75, 3.05) is 5.32 Å². The van der Waals surface area contributed by atoms with Gasteiger partial charge in [0, 0.05) is 0 Å². The van der Waals surface area contributed by atoms with E-state index < -0.39 is 12.0 Å². The van der Waals surface area contributed by atoms with Crippen LogP contribution >= 0.6 is 23.2 Å². The first kappa shape index (κ1) is 13.7. The minimum absolute atomic E-state index is 0.384. The molecule has 0 aliphatic rings. The number of benzene rings is 2. The molecule has 98 valence electrons. The zero-order chi connectivity index (χ0) is 13.8. The molecule has 0 radical (unpaired) electrons. The molecule has 0 spiro atoms. The van der Waals surface area contributed by atoms with Crippen LogP contribution in [-0.4, -0.2) is 11.1 Å². The van der Waals surface area contributed by atoms with Crippen LogP contribution in [0.4, 0.5) is 5.69 Å². The molecular weight excluding hydrogens is 285 g/mol. The average molecular weight is 296 g/mol. The lowest BCUT2D eigenvalue weighted by Gasteiger charge is -2.18. The molecular formula is C14H11Cl2NO2. The number of anilines is 1. The summed E-state index contributed by atoms with van der Waals surface area (Å²) in [6.45, 7) is 0. The lowest BCUT2D eigenvalue weighted by Crippen LogP contribution is -2.20. The van der Waals surface area contributed by atoms with Crippen LogP contribution in [0.25, 0.3) is 0 Å². The molecule has 2 N–H and O–H groups in total. The van der Waals surface area contributed by atoms with Gasteiger partial charge in [0.25, 0.3) is 0 Å². The molecule has 0 amide bonds. The number of carbonyl (C=O) groups is 1. The molecule has 1 atom stereocenters. The molecule has 0 aliphatic carbocycles. The summed E-state index contributed by atoms with van der Waals surface area (Å²) in [5.74, 6) is -0.998. The van der Waals surface area contributed by atoms with Crippen molar-refractivity contribution in [2.24, 2.45) is 0 Å². The van der Waals surface area contributed by atoms with E-state index in [9.17, 15) is 9.90 Å². The van der Waals surface area contributed by atoms with E-state index in [0.29, 0.717) is 21.3 Å². The van der Waals surface area contributed by atoms with Crippen LogP contribution in [0.3, 0.4) is 0 Å². The smallest absolute Gasteiger partial charge is 0.330 e. The topological polar surface area (TPSA) is 49.3 Å². The maximum Gasteiger partial charge on any atom is 0.330 e. The molecule has 2 aromatic carbocycles. The Morgan fingerprint density at radius 2 is 1.58 bits per heavy atom. The molecule has 5 heteroatoms. The third-order valence-electron chi connectivity index (χ3n) is 2.63. The van der Waals surface area contributed by atoms with Crippen LogP contribution in [0.15, 0.2) is 48.5 Å². The SMILES string of the molecule is O=C(O)[C@@H](Nc1c(Cl)cccc1Cl)c1ccccc1. The van der Waals surface area contributed by atoms with Crippen molar-refractivity contribution in [2.45, 2.75) is 6.04 Å². The van der Waals surface area contributed by atoms with Crippen LogP contribution < -0.4 is 5.32 Å². The Balaban J connectivity index is 2.35. The number of para-hydroxylation sites is 1. The third kappa shape index (κ3) is 3.19. The largest absolute Gasteiger partial charge is 0.479 e. The van der Waals surface area contributed by atoms with Gasteiger partial charge in [0.2, 0.25) is 0 Å². The Labute approximate surface area is 120 Å². The average Bonchev–Trinajstić information content (AvgIpc) is 2.39. The van der Waals surface area contributed by atoms with Gasteiger partial charge in [-0.25, -0.2) is 4.79 Å². The molecule has 0 fully saturated rings. The zero-order valence-corrected chi connectivity index (χ0v) is 11.3. The van der Waals surface area contributed by atoms with Gasteiger partial charge in [0.1, 0.15) is 0 Å². The predicted molar refractivity (Wildman–Crippen MR) is 76.9 cm³/mol. The molecule has 2 aromatic rings. The minimum Gasteiger partial charge on any atom is -0.479 e. The predicted octanol–water partition coefficient (Wildman–Crippen LogP) is 4.23. The van der Waals surface area contributed by atoms with Gasteiger partial charge in [-0.15, -0.1) is 0 Å². The maximum atomic E-state index is 11.4. The molecule has 3 nitrogen and oxygen atoms in total. The molecule has 0 unspecified atom stereocenters. The van der Waals surface area contributed by atoms with Crippen LogP contribution in [0.1, 0.15) is 11.6 Å². The second-order valence-electron chi connectivity index (χ2n) is 3.92. The summed E-state index contributed by atoms with van der Waals surface area (Å²) in [4.78, 5) is 11.4. The van der Waals surface area contributed by atoms with E-state index in [4.69, 9.17) is 23.2 Å². The van der Waals surface area contributed by atoms with Gasteiger partial charge in [-0.3, -0.25) is 0 Å². The third-order valence-corrected chi connectivity index (χ3v) is 3.26. The van der Waals surface area contributed by atoms with E-state index >= 15 is 0 Å². The number of halogens is 2. The van der Waals surface area contributed by atoms with Crippen molar-refractivity contribution in [3.05, 3.63) is 64.1 Å². The Kier molecular flexibility index (Phi) is 4.30. The number of hydrogen-bond acceptors (Lipinski definition) is 2. The lowest BCUT2D eigenvalue weighted by atomic mass is 10.1. The summed E-state index contributed by atoms with van der Waals surface area (Å²) in [6, 6.07) is 13.0. The fraction of sp³-hybridized carbons (Fsp3) is 0.0714. The second kappa shape index (κ2) is 5.95. The lowest BCUT2D eigenvalue weighted by molar-refractivity contribution is -0.138. The summed E-state index contributed by atoms with van der Waals surface area (Å²) >= 11 is 12.1. The number of carboxylic acids is 1. The van der Waals surface area contributed by atoms with E-state index in [0.717, 1.165) is 0 Å². The number of hydrogen-bond donors (Lipinski definition) is 2. The molecule has 0 saturated heterocycles. The van der Waals surface area contributed by atoms with Gasteiger partial charge in [0.05, 0.1) is 15.7 Å². The molecule has 0 aromatic heterocycles. The fourth-order valence-corrected chi connectivity index (χ4v) is 2.22. The number of rotatable bonds is 4. The fourth-order valence-electron chi connectivity index (χ4n) is 1.71. The van der Waals surface area contributed by atoms with E-state index in [1.807, 2.05) is 6.07 Å². The van der Waals surface area contributed by atoms with Gasteiger partial charge in [-0.2, -0.15) is 0 Å². The van der Waals surface area contributed by atoms with Crippen molar-refractivity contribution < 1.29 is 9.90 Å². The molecule has 0 aliphatic heterocycles. The standard InChI is InChI=1S/C14H11Cl2NO2/c15-10-7-4-8-11(16)13(10)17-12(14(18)19)9-5-2-1-3-6-9/h1-8,12,17H,(H,18,19)/t12-/m0/s1. The minimum atomic E-state index is -0.998. The highest BCUT2D eigenvalue weighted by atomic mass is 35.5. The van der Waals surface area contributed by atoms with Gasteiger partial charge in [-0.05, 0) is 17.7 Å². The molecule has 0 bridgehead atoms. The normalized spacial score (nSPS) is 11.9. The Hall–Kier alpha value is -1.71. The Morgan fingerprint density at radius 1 is 1.00 bits per heavy atom. The first-order valence-corrected chi connectivity index (χ1v) is 6.33. The molecule has 0 heterocycles. The quantitative estimate of drug-likeness (QED) is 0.887. The molecule has 2 rings (SSSR count). The highest BCUT2D eigenvalue weighted by molar-refractivity contribution is 6.39.